The third-order valence-corrected chi connectivity index (χ3v) is 7.57. The van der Waals surface area contributed by atoms with Crippen molar-refractivity contribution in [2.45, 2.75) is 97.2 Å². The lowest BCUT2D eigenvalue weighted by atomic mass is 9.91. The van der Waals surface area contributed by atoms with E-state index < -0.39 is 5.54 Å². The third kappa shape index (κ3) is 5.76. The molecule has 0 unspecified atom stereocenters. The number of unbranched alkanes of at least 4 members (excludes halogenated alkanes) is 1. The van der Waals surface area contributed by atoms with Gasteiger partial charge in [0.15, 0.2) is 0 Å². The Kier molecular flexibility index (Phi) is 8.37. The summed E-state index contributed by atoms with van der Waals surface area (Å²) in [5.74, 6) is 1.08. The summed E-state index contributed by atoms with van der Waals surface area (Å²) in [5, 5.41) is 8.06. The van der Waals surface area contributed by atoms with Crippen molar-refractivity contribution in [3.8, 4) is 17.0 Å². The Morgan fingerprint density at radius 3 is 2.58 bits per heavy atom. The Morgan fingerprint density at radius 1 is 1.19 bits per heavy atom. The zero-order valence-corrected chi connectivity index (χ0v) is 22.4. The average Bonchev–Trinajstić information content (AvgIpc) is 3.29. The number of fused-ring (bicyclic) bond motifs is 1. The summed E-state index contributed by atoms with van der Waals surface area (Å²) in [6, 6.07) is 9.90. The van der Waals surface area contributed by atoms with Crippen molar-refractivity contribution < 1.29 is 14.3 Å². The van der Waals surface area contributed by atoms with E-state index in [1.54, 1.807) is 9.58 Å². The van der Waals surface area contributed by atoms with Crippen molar-refractivity contribution in [1.29, 1.82) is 0 Å². The molecule has 7 nitrogen and oxygen atoms in total. The first kappa shape index (κ1) is 26.2. The minimum Gasteiger partial charge on any atom is -0.494 e. The van der Waals surface area contributed by atoms with Crippen LogP contribution in [-0.2, 0) is 11.3 Å². The SMILES string of the molecule is CCCCOc1ccc(-c2cc3n(n2)C[C@](C)(C(=O)NC2CCCCC2)N(CCC(C)C)C3=O)cc1. The number of carbonyl (C=O) groups excluding carboxylic acids is 2. The first-order chi connectivity index (χ1) is 17.3. The van der Waals surface area contributed by atoms with Crippen LogP contribution in [0.4, 0.5) is 0 Å². The Labute approximate surface area is 215 Å². The molecule has 4 rings (SSSR count). The molecule has 1 aromatic carbocycles. The quantitative estimate of drug-likeness (QED) is 0.446. The molecule has 7 heteroatoms. The fourth-order valence-electron chi connectivity index (χ4n) is 5.16. The zero-order valence-electron chi connectivity index (χ0n) is 22.4. The van der Waals surface area contributed by atoms with Crippen LogP contribution in [0.3, 0.4) is 0 Å². The molecule has 2 amide bonds. The summed E-state index contributed by atoms with van der Waals surface area (Å²) in [6.07, 6.45) is 8.51. The lowest BCUT2D eigenvalue weighted by Gasteiger charge is -2.44. The van der Waals surface area contributed by atoms with Crippen LogP contribution in [0.2, 0.25) is 0 Å². The fourth-order valence-corrected chi connectivity index (χ4v) is 5.16. The number of amides is 2. The monoisotopic (exact) mass is 494 g/mol. The van der Waals surface area contributed by atoms with Gasteiger partial charge in [-0.2, -0.15) is 5.10 Å². The summed E-state index contributed by atoms with van der Waals surface area (Å²) in [6.45, 7) is 9.94. The Bertz CT molecular complexity index is 1040. The second-order valence-electron chi connectivity index (χ2n) is 11.0. The summed E-state index contributed by atoms with van der Waals surface area (Å²) in [5.41, 5.74) is 1.23. The fraction of sp³-hybridized carbons (Fsp3) is 0.621. The molecule has 1 fully saturated rings. The maximum atomic E-state index is 13.8. The van der Waals surface area contributed by atoms with Gasteiger partial charge in [0.25, 0.3) is 5.91 Å². The summed E-state index contributed by atoms with van der Waals surface area (Å²) in [7, 11) is 0. The van der Waals surface area contributed by atoms with Crippen molar-refractivity contribution in [3.05, 3.63) is 36.0 Å². The molecule has 1 aliphatic heterocycles. The Balaban J connectivity index is 1.58. The van der Waals surface area contributed by atoms with Crippen molar-refractivity contribution in [1.82, 2.24) is 20.0 Å². The molecule has 2 aromatic rings. The van der Waals surface area contributed by atoms with Crippen LogP contribution in [0.1, 0.15) is 89.5 Å². The molecule has 1 atom stereocenters. The van der Waals surface area contributed by atoms with Gasteiger partial charge in [0, 0.05) is 18.2 Å². The summed E-state index contributed by atoms with van der Waals surface area (Å²) < 4.78 is 7.51. The van der Waals surface area contributed by atoms with E-state index in [0.717, 1.165) is 62.0 Å². The summed E-state index contributed by atoms with van der Waals surface area (Å²) in [4.78, 5) is 29.2. The predicted molar refractivity (Wildman–Crippen MR) is 142 cm³/mol. The van der Waals surface area contributed by atoms with Crippen LogP contribution < -0.4 is 10.1 Å². The molecular weight excluding hydrogens is 452 g/mol. The number of nitrogens with one attached hydrogen (secondary N) is 1. The molecule has 36 heavy (non-hydrogen) atoms. The van der Waals surface area contributed by atoms with Crippen molar-refractivity contribution in [2.75, 3.05) is 13.2 Å². The molecule has 196 valence electrons. The number of rotatable bonds is 10. The van der Waals surface area contributed by atoms with Gasteiger partial charge in [0.1, 0.15) is 17.0 Å². The van der Waals surface area contributed by atoms with Gasteiger partial charge in [-0.25, -0.2) is 0 Å². The molecule has 2 heterocycles. The molecule has 0 saturated heterocycles. The maximum absolute atomic E-state index is 13.8. The van der Waals surface area contributed by atoms with Crippen LogP contribution in [0.15, 0.2) is 30.3 Å². The lowest BCUT2D eigenvalue weighted by molar-refractivity contribution is -0.134. The highest BCUT2D eigenvalue weighted by atomic mass is 16.5. The van der Waals surface area contributed by atoms with Gasteiger partial charge in [-0.05, 0) is 68.9 Å². The molecule has 1 N–H and O–H groups in total. The van der Waals surface area contributed by atoms with Gasteiger partial charge in [-0.3, -0.25) is 14.3 Å². The van der Waals surface area contributed by atoms with E-state index in [2.05, 4.69) is 26.1 Å². The van der Waals surface area contributed by atoms with Crippen LogP contribution in [-0.4, -0.2) is 51.2 Å². The molecule has 2 aliphatic rings. The van der Waals surface area contributed by atoms with Crippen molar-refractivity contribution >= 4 is 11.8 Å². The number of carbonyl (C=O) groups is 2. The second-order valence-corrected chi connectivity index (χ2v) is 11.0. The Hall–Kier alpha value is -2.83. The van der Waals surface area contributed by atoms with E-state index >= 15 is 0 Å². The predicted octanol–water partition coefficient (Wildman–Crippen LogP) is 5.44. The molecule has 1 saturated carbocycles. The molecular formula is C29H42N4O3. The molecule has 0 spiro atoms. The minimum absolute atomic E-state index is 0.0669. The van der Waals surface area contributed by atoms with E-state index in [1.807, 2.05) is 37.3 Å². The van der Waals surface area contributed by atoms with E-state index in [0.29, 0.717) is 31.3 Å². The van der Waals surface area contributed by atoms with Gasteiger partial charge in [0.05, 0.1) is 18.8 Å². The first-order valence-corrected chi connectivity index (χ1v) is 13.8. The van der Waals surface area contributed by atoms with Crippen molar-refractivity contribution in [3.63, 3.8) is 0 Å². The average molecular weight is 495 g/mol. The number of ether oxygens (including phenoxy) is 1. The van der Waals surface area contributed by atoms with E-state index in [9.17, 15) is 9.59 Å². The number of nitrogens with zero attached hydrogens (tertiary/aromatic N) is 3. The van der Waals surface area contributed by atoms with Crippen LogP contribution in [0.5, 0.6) is 5.75 Å². The topological polar surface area (TPSA) is 76.5 Å². The van der Waals surface area contributed by atoms with Gasteiger partial charge in [-0.1, -0.05) is 46.5 Å². The highest BCUT2D eigenvalue weighted by Crippen LogP contribution is 2.32. The first-order valence-electron chi connectivity index (χ1n) is 13.8. The van der Waals surface area contributed by atoms with Crippen LogP contribution in [0.25, 0.3) is 11.3 Å². The van der Waals surface area contributed by atoms with Gasteiger partial charge < -0.3 is 15.0 Å². The number of hydrogen-bond donors (Lipinski definition) is 1. The number of benzene rings is 1. The van der Waals surface area contributed by atoms with Gasteiger partial charge in [0.2, 0.25) is 5.91 Å². The minimum atomic E-state index is -0.976. The standard InChI is InChI=1S/C29H42N4O3/c1-5-6-18-36-24-14-12-22(13-15-24)25-19-26-27(34)32(17-16-21(2)3)29(4,20-33(26)31-25)28(35)30-23-10-8-7-9-11-23/h12-15,19,21,23H,5-11,16-18,20H2,1-4H3,(H,30,35)/t29-/m1/s1. The largest absolute Gasteiger partial charge is 0.494 e. The lowest BCUT2D eigenvalue weighted by Crippen LogP contribution is -2.65. The van der Waals surface area contributed by atoms with Crippen LogP contribution >= 0.6 is 0 Å². The zero-order chi connectivity index (χ0) is 25.7. The highest BCUT2D eigenvalue weighted by Gasteiger charge is 2.48. The molecule has 1 aliphatic carbocycles. The number of aromatic nitrogens is 2. The number of hydrogen-bond acceptors (Lipinski definition) is 4. The van der Waals surface area contributed by atoms with E-state index in [4.69, 9.17) is 9.84 Å². The maximum Gasteiger partial charge on any atom is 0.273 e. The third-order valence-electron chi connectivity index (χ3n) is 7.57. The normalized spacial score (nSPS) is 20.5. The Morgan fingerprint density at radius 2 is 1.92 bits per heavy atom. The second kappa shape index (κ2) is 11.5. The van der Waals surface area contributed by atoms with Gasteiger partial charge in [-0.15, -0.1) is 0 Å². The smallest absolute Gasteiger partial charge is 0.273 e. The molecule has 1 aromatic heterocycles. The van der Waals surface area contributed by atoms with E-state index in [-0.39, 0.29) is 17.9 Å². The molecule has 0 bridgehead atoms. The highest BCUT2D eigenvalue weighted by molar-refractivity contribution is 6.00. The summed E-state index contributed by atoms with van der Waals surface area (Å²) >= 11 is 0. The molecule has 0 radical (unpaired) electrons. The van der Waals surface area contributed by atoms with E-state index in [1.165, 1.54) is 6.42 Å². The van der Waals surface area contributed by atoms with Crippen molar-refractivity contribution in [2.24, 2.45) is 5.92 Å². The van der Waals surface area contributed by atoms with Crippen LogP contribution in [0, 0.1) is 5.92 Å². The van der Waals surface area contributed by atoms with Gasteiger partial charge >= 0.3 is 0 Å².